The van der Waals surface area contributed by atoms with Gasteiger partial charge in [-0.15, -0.1) is 11.3 Å². The molecule has 1 saturated carbocycles. The molecule has 2 amide bonds. The number of anilines is 1. The fourth-order valence-corrected chi connectivity index (χ4v) is 3.92. The average molecular weight is 372 g/mol. The molecule has 2 N–H and O–H groups in total. The van der Waals surface area contributed by atoms with Gasteiger partial charge in [-0.25, -0.2) is 9.78 Å². The second-order valence-electron chi connectivity index (χ2n) is 7.15. The van der Waals surface area contributed by atoms with Crippen LogP contribution in [0.4, 0.5) is 10.5 Å². The summed E-state index contributed by atoms with van der Waals surface area (Å²) < 4.78 is 5.41. The summed E-state index contributed by atoms with van der Waals surface area (Å²) in [4.78, 5) is 19.1. The smallest absolute Gasteiger partial charge is 0.319 e. The van der Waals surface area contributed by atoms with E-state index in [1.807, 2.05) is 35.2 Å². The maximum absolute atomic E-state index is 12.3. The van der Waals surface area contributed by atoms with Gasteiger partial charge in [0.1, 0.15) is 0 Å². The Morgan fingerprint density at radius 3 is 2.88 bits per heavy atom. The van der Waals surface area contributed by atoms with Crippen molar-refractivity contribution in [1.29, 1.82) is 0 Å². The molecule has 2 fully saturated rings. The van der Waals surface area contributed by atoms with E-state index in [1.165, 1.54) is 12.8 Å². The monoisotopic (exact) mass is 372 g/mol. The van der Waals surface area contributed by atoms with Crippen LogP contribution in [0.25, 0.3) is 11.3 Å². The summed E-state index contributed by atoms with van der Waals surface area (Å²) in [6.07, 6.45) is 2.37. The summed E-state index contributed by atoms with van der Waals surface area (Å²) in [5.41, 5.74) is 4.78. The molecule has 0 unspecified atom stereocenters. The standard InChI is InChI=1S/C19H24N4O2S/c24-18(20-12-19(4-5-19)13-23-6-8-25-9-7-23)22-16-3-1-2-15(10-16)17-11-26-14-21-17/h1-3,10-11,14H,4-9,12-13H2,(H2,20,22,24). The lowest BCUT2D eigenvalue weighted by Gasteiger charge is -2.30. The lowest BCUT2D eigenvalue weighted by Crippen LogP contribution is -2.43. The minimum absolute atomic E-state index is 0.145. The summed E-state index contributed by atoms with van der Waals surface area (Å²) in [5, 5.41) is 8.00. The van der Waals surface area contributed by atoms with Crippen molar-refractivity contribution in [3.05, 3.63) is 35.2 Å². The third kappa shape index (κ3) is 4.41. The van der Waals surface area contributed by atoms with Crippen molar-refractivity contribution in [2.24, 2.45) is 5.41 Å². The van der Waals surface area contributed by atoms with Gasteiger partial charge in [-0.05, 0) is 25.0 Å². The van der Waals surface area contributed by atoms with E-state index in [4.69, 9.17) is 4.74 Å². The summed E-state index contributed by atoms with van der Waals surface area (Å²) in [6.45, 7) is 5.41. The maximum Gasteiger partial charge on any atom is 0.319 e. The molecule has 0 atom stereocenters. The van der Waals surface area contributed by atoms with E-state index in [0.717, 1.165) is 56.3 Å². The van der Waals surface area contributed by atoms with Gasteiger partial charge in [0, 0.05) is 48.2 Å². The second kappa shape index (κ2) is 7.73. The van der Waals surface area contributed by atoms with Crippen LogP contribution < -0.4 is 10.6 Å². The molecular weight excluding hydrogens is 348 g/mol. The molecule has 2 heterocycles. The molecule has 4 rings (SSSR count). The Balaban J connectivity index is 1.28. The Morgan fingerprint density at radius 1 is 1.31 bits per heavy atom. The summed E-state index contributed by atoms with van der Waals surface area (Å²) in [5.74, 6) is 0. The van der Waals surface area contributed by atoms with Gasteiger partial charge in [-0.1, -0.05) is 12.1 Å². The minimum Gasteiger partial charge on any atom is -0.379 e. The van der Waals surface area contributed by atoms with Crippen molar-refractivity contribution in [2.75, 3.05) is 44.7 Å². The maximum atomic E-state index is 12.3. The number of benzene rings is 1. The predicted molar refractivity (Wildman–Crippen MR) is 103 cm³/mol. The number of carbonyl (C=O) groups is 1. The first kappa shape index (κ1) is 17.5. The molecule has 2 aromatic rings. The van der Waals surface area contributed by atoms with Crippen LogP contribution in [0.5, 0.6) is 0 Å². The first-order valence-corrected chi connectivity index (χ1v) is 10.0. The van der Waals surface area contributed by atoms with E-state index in [0.29, 0.717) is 0 Å². The lowest BCUT2D eigenvalue weighted by atomic mass is 10.1. The summed E-state index contributed by atoms with van der Waals surface area (Å²) in [7, 11) is 0. The van der Waals surface area contributed by atoms with Crippen LogP contribution in [0.2, 0.25) is 0 Å². The molecule has 138 valence electrons. The van der Waals surface area contributed by atoms with Gasteiger partial charge < -0.3 is 15.4 Å². The van der Waals surface area contributed by atoms with E-state index in [1.54, 1.807) is 11.3 Å². The zero-order valence-corrected chi connectivity index (χ0v) is 15.6. The van der Waals surface area contributed by atoms with Crippen LogP contribution in [0.15, 0.2) is 35.2 Å². The molecular formula is C19H24N4O2S. The van der Waals surface area contributed by atoms with Gasteiger partial charge in [0.05, 0.1) is 24.4 Å². The molecule has 7 heteroatoms. The Kier molecular flexibility index (Phi) is 5.19. The van der Waals surface area contributed by atoms with Crippen LogP contribution in [0.1, 0.15) is 12.8 Å². The highest BCUT2D eigenvalue weighted by atomic mass is 32.1. The number of morpholine rings is 1. The number of nitrogens with zero attached hydrogens (tertiary/aromatic N) is 2. The van der Waals surface area contributed by atoms with Crippen LogP contribution in [0.3, 0.4) is 0 Å². The zero-order chi connectivity index (χ0) is 17.8. The molecule has 2 aliphatic rings. The van der Waals surface area contributed by atoms with Gasteiger partial charge in [0.2, 0.25) is 0 Å². The molecule has 1 aromatic carbocycles. The van der Waals surface area contributed by atoms with E-state index >= 15 is 0 Å². The Hall–Kier alpha value is -1.96. The number of nitrogens with one attached hydrogen (secondary N) is 2. The van der Waals surface area contributed by atoms with Gasteiger partial charge in [0.25, 0.3) is 0 Å². The van der Waals surface area contributed by atoms with Crippen molar-refractivity contribution < 1.29 is 9.53 Å². The predicted octanol–water partition coefficient (Wildman–Crippen LogP) is 3.04. The number of amides is 2. The second-order valence-corrected chi connectivity index (χ2v) is 7.87. The van der Waals surface area contributed by atoms with Crippen LogP contribution in [-0.2, 0) is 4.74 Å². The van der Waals surface area contributed by atoms with Crippen LogP contribution >= 0.6 is 11.3 Å². The molecule has 1 aliphatic carbocycles. The number of aromatic nitrogens is 1. The number of carbonyl (C=O) groups excluding carboxylic acids is 1. The molecule has 0 radical (unpaired) electrons. The lowest BCUT2D eigenvalue weighted by molar-refractivity contribution is 0.0286. The fourth-order valence-electron chi connectivity index (χ4n) is 3.36. The van der Waals surface area contributed by atoms with Crippen LogP contribution in [-0.4, -0.2) is 55.3 Å². The summed E-state index contributed by atoms with van der Waals surface area (Å²) in [6, 6.07) is 7.64. The Labute approximate surface area is 157 Å². The van der Waals surface area contributed by atoms with Crippen molar-refractivity contribution in [1.82, 2.24) is 15.2 Å². The molecule has 0 spiro atoms. The fraction of sp³-hybridized carbons (Fsp3) is 0.474. The van der Waals surface area contributed by atoms with E-state index in [2.05, 4.69) is 20.5 Å². The largest absolute Gasteiger partial charge is 0.379 e. The molecule has 26 heavy (non-hydrogen) atoms. The van der Waals surface area contributed by atoms with Gasteiger partial charge >= 0.3 is 6.03 Å². The van der Waals surface area contributed by atoms with Crippen molar-refractivity contribution in [3.8, 4) is 11.3 Å². The highest BCUT2D eigenvalue weighted by Crippen LogP contribution is 2.45. The molecule has 0 bridgehead atoms. The number of rotatable bonds is 6. The van der Waals surface area contributed by atoms with Gasteiger partial charge in [0.15, 0.2) is 0 Å². The topological polar surface area (TPSA) is 66.5 Å². The van der Waals surface area contributed by atoms with Crippen LogP contribution in [0, 0.1) is 5.41 Å². The van der Waals surface area contributed by atoms with E-state index < -0.39 is 0 Å². The highest BCUT2D eigenvalue weighted by molar-refractivity contribution is 7.07. The van der Waals surface area contributed by atoms with Gasteiger partial charge in [-0.2, -0.15) is 0 Å². The summed E-state index contributed by atoms with van der Waals surface area (Å²) >= 11 is 1.56. The Bertz CT molecular complexity index is 740. The quantitative estimate of drug-likeness (QED) is 0.818. The van der Waals surface area contributed by atoms with Crippen molar-refractivity contribution in [3.63, 3.8) is 0 Å². The Morgan fingerprint density at radius 2 is 2.15 bits per heavy atom. The third-order valence-electron chi connectivity index (χ3n) is 5.09. The normalized spacial score (nSPS) is 19.1. The SMILES string of the molecule is O=C(NCC1(CN2CCOCC2)CC1)Nc1cccc(-c2cscn2)c1. The minimum atomic E-state index is -0.145. The number of hydrogen-bond acceptors (Lipinski definition) is 5. The number of urea groups is 1. The van der Waals surface area contributed by atoms with Crippen molar-refractivity contribution in [2.45, 2.75) is 12.8 Å². The number of thiazole rings is 1. The average Bonchev–Trinajstić information content (AvgIpc) is 3.19. The van der Waals surface area contributed by atoms with E-state index in [-0.39, 0.29) is 11.4 Å². The van der Waals surface area contributed by atoms with E-state index in [9.17, 15) is 4.79 Å². The first-order valence-electron chi connectivity index (χ1n) is 9.06. The zero-order valence-electron chi connectivity index (χ0n) is 14.7. The molecule has 1 saturated heterocycles. The first-order chi connectivity index (χ1) is 12.7. The molecule has 6 nitrogen and oxygen atoms in total. The molecule has 1 aromatic heterocycles. The number of hydrogen-bond donors (Lipinski definition) is 2. The number of ether oxygens (including phenoxy) is 1. The molecule has 1 aliphatic heterocycles. The van der Waals surface area contributed by atoms with Gasteiger partial charge in [-0.3, -0.25) is 4.90 Å². The highest BCUT2D eigenvalue weighted by Gasteiger charge is 2.44. The third-order valence-corrected chi connectivity index (χ3v) is 5.68. The van der Waals surface area contributed by atoms with Crippen molar-refractivity contribution >= 4 is 23.1 Å².